The highest BCUT2D eigenvalue weighted by atomic mass is 35.5. The standard InChI is InChI=1S/C29H37ClO4S/c1-19(2)24-18-25(32)22(10-6-4-5-7-13-28(33)34-3)21(24)16-14-20(31)15-17-27-29(30)23-11-8-9-12-26(23)35-27/h4,6,8-9,11-12,14,16,19-22,24,31H,5,7,10,13,15,17-18H2,1-3H3/b6-4-,16-14+/t20?,21-,22-,24+/m1/s1. The van der Waals surface area contributed by atoms with E-state index in [0.717, 1.165) is 34.5 Å². The molecule has 0 radical (unpaired) electrons. The molecule has 1 aromatic heterocycles. The minimum atomic E-state index is -0.575. The Bertz CT molecular complexity index is 1050. The topological polar surface area (TPSA) is 63.6 Å². The molecule has 0 spiro atoms. The fourth-order valence-corrected chi connectivity index (χ4v) is 6.51. The summed E-state index contributed by atoms with van der Waals surface area (Å²) in [4.78, 5) is 25.2. The van der Waals surface area contributed by atoms with Gasteiger partial charge in [-0.2, -0.15) is 0 Å². The maximum absolute atomic E-state index is 12.8. The van der Waals surface area contributed by atoms with Gasteiger partial charge < -0.3 is 9.84 Å². The number of aliphatic hydroxyl groups excluding tert-OH is 1. The van der Waals surface area contributed by atoms with E-state index < -0.39 is 6.10 Å². The van der Waals surface area contributed by atoms with Gasteiger partial charge in [-0.1, -0.05) is 68.0 Å². The third kappa shape index (κ3) is 7.52. The van der Waals surface area contributed by atoms with Crippen LogP contribution in [0.1, 0.15) is 57.2 Å². The van der Waals surface area contributed by atoms with E-state index in [2.05, 4.69) is 42.9 Å². The van der Waals surface area contributed by atoms with Crippen LogP contribution in [-0.2, 0) is 20.7 Å². The second-order valence-corrected chi connectivity index (χ2v) is 11.3. The largest absolute Gasteiger partial charge is 0.469 e. The molecule has 1 fully saturated rings. The highest BCUT2D eigenvalue weighted by Gasteiger charge is 2.41. The smallest absolute Gasteiger partial charge is 0.305 e. The third-order valence-corrected chi connectivity index (χ3v) is 8.80. The van der Waals surface area contributed by atoms with Crippen molar-refractivity contribution in [2.45, 2.75) is 64.9 Å². The van der Waals surface area contributed by atoms with Gasteiger partial charge in [-0.05, 0) is 55.9 Å². The predicted octanol–water partition coefficient (Wildman–Crippen LogP) is 7.17. The number of allylic oxidation sites excluding steroid dienone is 3. The maximum atomic E-state index is 12.8. The number of aliphatic hydroxyl groups is 1. The number of carbonyl (C=O) groups excluding carboxylic acids is 2. The number of hydrogen-bond donors (Lipinski definition) is 1. The molecule has 3 rings (SSSR count). The van der Waals surface area contributed by atoms with Crippen LogP contribution >= 0.6 is 22.9 Å². The first-order chi connectivity index (χ1) is 16.8. The number of esters is 1. The van der Waals surface area contributed by atoms with Crippen LogP contribution in [-0.4, -0.2) is 30.1 Å². The number of benzene rings is 1. The SMILES string of the molecule is COC(=O)CCC/C=C\C[C@H]1C(=O)C[C@@H](C(C)C)[C@@H]1/C=C/C(O)CCc1sc2ccccc2c1Cl. The molecule has 1 unspecified atom stereocenters. The molecule has 0 saturated heterocycles. The summed E-state index contributed by atoms with van der Waals surface area (Å²) >= 11 is 8.24. The van der Waals surface area contributed by atoms with Crippen LogP contribution in [0, 0.1) is 23.7 Å². The van der Waals surface area contributed by atoms with Gasteiger partial charge in [0.25, 0.3) is 0 Å². The van der Waals surface area contributed by atoms with E-state index in [1.807, 2.05) is 24.3 Å². The molecular weight excluding hydrogens is 480 g/mol. The highest BCUT2D eigenvalue weighted by molar-refractivity contribution is 7.19. The first-order valence-corrected chi connectivity index (χ1v) is 13.8. The van der Waals surface area contributed by atoms with Gasteiger partial charge in [0.1, 0.15) is 5.78 Å². The molecule has 1 heterocycles. The Labute approximate surface area is 218 Å². The van der Waals surface area contributed by atoms with Gasteiger partial charge in [-0.15, -0.1) is 11.3 Å². The minimum Gasteiger partial charge on any atom is -0.469 e. The summed E-state index contributed by atoms with van der Waals surface area (Å²) in [6, 6.07) is 8.11. The fourth-order valence-electron chi connectivity index (χ4n) is 4.96. The summed E-state index contributed by atoms with van der Waals surface area (Å²) in [5.41, 5.74) is 0. The van der Waals surface area contributed by atoms with E-state index in [1.54, 1.807) is 11.3 Å². The molecule has 0 amide bonds. The Morgan fingerprint density at radius 2 is 2.06 bits per heavy atom. The van der Waals surface area contributed by atoms with Crippen molar-refractivity contribution in [3.8, 4) is 0 Å². The molecule has 1 aromatic carbocycles. The minimum absolute atomic E-state index is 0.0558. The first-order valence-electron chi connectivity index (χ1n) is 12.6. The summed E-state index contributed by atoms with van der Waals surface area (Å²) < 4.78 is 5.84. The van der Waals surface area contributed by atoms with E-state index in [1.165, 1.54) is 11.8 Å². The molecule has 0 aliphatic heterocycles. The monoisotopic (exact) mass is 516 g/mol. The van der Waals surface area contributed by atoms with Crippen LogP contribution in [0.15, 0.2) is 48.6 Å². The van der Waals surface area contributed by atoms with Crippen LogP contribution in [0.4, 0.5) is 0 Å². The molecule has 2 aromatic rings. The molecule has 0 bridgehead atoms. The van der Waals surface area contributed by atoms with Crippen LogP contribution in [0.5, 0.6) is 0 Å². The third-order valence-electron chi connectivity index (χ3n) is 7.03. The summed E-state index contributed by atoms with van der Waals surface area (Å²) in [6.45, 7) is 4.34. The number of ether oxygens (including phenoxy) is 1. The number of ketones is 1. The normalized spacial score (nSPS) is 21.7. The van der Waals surface area contributed by atoms with Crippen molar-refractivity contribution in [3.63, 3.8) is 0 Å². The van der Waals surface area contributed by atoms with Crippen molar-refractivity contribution in [3.05, 3.63) is 58.5 Å². The summed E-state index contributed by atoms with van der Waals surface area (Å²) in [6.07, 6.45) is 12.1. The lowest BCUT2D eigenvalue weighted by molar-refractivity contribution is -0.140. The molecule has 35 heavy (non-hydrogen) atoms. The summed E-state index contributed by atoms with van der Waals surface area (Å²) in [7, 11) is 1.40. The number of Topliss-reactive ketones (excluding diaryl/α,β-unsaturated/α-hetero) is 1. The number of methoxy groups -OCH3 is 1. The van der Waals surface area contributed by atoms with E-state index in [9.17, 15) is 14.7 Å². The Balaban J connectivity index is 1.58. The average Bonchev–Trinajstić information content (AvgIpc) is 3.34. The molecule has 6 heteroatoms. The van der Waals surface area contributed by atoms with Gasteiger partial charge in [0, 0.05) is 33.7 Å². The van der Waals surface area contributed by atoms with Gasteiger partial charge in [0.05, 0.1) is 18.2 Å². The number of halogens is 1. The van der Waals surface area contributed by atoms with Gasteiger partial charge in [0.15, 0.2) is 0 Å². The zero-order valence-electron chi connectivity index (χ0n) is 20.9. The van der Waals surface area contributed by atoms with Crippen LogP contribution in [0.3, 0.4) is 0 Å². The highest BCUT2D eigenvalue weighted by Crippen LogP contribution is 2.42. The van der Waals surface area contributed by atoms with Gasteiger partial charge in [-0.3, -0.25) is 9.59 Å². The Morgan fingerprint density at radius 1 is 1.29 bits per heavy atom. The molecule has 1 aliphatic rings. The van der Waals surface area contributed by atoms with E-state index in [-0.39, 0.29) is 17.8 Å². The number of aryl methyl sites for hydroxylation is 1. The number of carbonyl (C=O) groups is 2. The summed E-state index contributed by atoms with van der Waals surface area (Å²) in [5.74, 6) is 0.883. The number of unbranched alkanes of at least 4 members (excludes halogenated alkanes) is 1. The lowest BCUT2D eigenvalue weighted by Gasteiger charge is -2.23. The number of thiophene rings is 1. The van der Waals surface area contributed by atoms with Crippen LogP contribution in [0.2, 0.25) is 5.02 Å². The molecule has 4 nitrogen and oxygen atoms in total. The van der Waals surface area contributed by atoms with Crippen molar-refractivity contribution >= 4 is 44.8 Å². The second kappa shape index (κ2) is 13.4. The lowest BCUT2D eigenvalue weighted by atomic mass is 9.81. The zero-order valence-corrected chi connectivity index (χ0v) is 22.5. The van der Waals surface area contributed by atoms with Crippen molar-refractivity contribution in [1.82, 2.24) is 0 Å². The number of hydrogen-bond acceptors (Lipinski definition) is 5. The number of fused-ring (bicyclic) bond motifs is 1. The molecule has 1 saturated carbocycles. The fraction of sp³-hybridized carbons (Fsp3) is 0.517. The zero-order chi connectivity index (χ0) is 25.4. The van der Waals surface area contributed by atoms with Gasteiger partial charge in [-0.25, -0.2) is 0 Å². The Morgan fingerprint density at radius 3 is 2.77 bits per heavy atom. The second-order valence-electron chi connectivity index (χ2n) is 9.76. The lowest BCUT2D eigenvalue weighted by Crippen LogP contribution is -2.19. The van der Waals surface area contributed by atoms with Crippen molar-refractivity contribution in [2.24, 2.45) is 23.7 Å². The van der Waals surface area contributed by atoms with Crippen LogP contribution in [0.25, 0.3) is 10.1 Å². The van der Waals surface area contributed by atoms with Crippen molar-refractivity contribution in [1.29, 1.82) is 0 Å². The Hall–Kier alpha value is -1.95. The van der Waals surface area contributed by atoms with Crippen molar-refractivity contribution in [2.75, 3.05) is 7.11 Å². The molecule has 4 atom stereocenters. The Kier molecular flexibility index (Phi) is 10.6. The number of rotatable bonds is 12. The van der Waals surface area contributed by atoms with E-state index in [4.69, 9.17) is 11.6 Å². The molecule has 190 valence electrons. The average molecular weight is 517 g/mol. The summed E-state index contributed by atoms with van der Waals surface area (Å²) in [5, 5.41) is 12.6. The molecule has 1 N–H and O–H groups in total. The quantitative estimate of drug-likeness (QED) is 0.184. The van der Waals surface area contributed by atoms with E-state index >= 15 is 0 Å². The maximum Gasteiger partial charge on any atom is 0.305 e. The molecular formula is C29H37ClO4S. The van der Waals surface area contributed by atoms with Crippen LogP contribution < -0.4 is 0 Å². The predicted molar refractivity (Wildman–Crippen MR) is 145 cm³/mol. The molecule has 1 aliphatic carbocycles. The van der Waals surface area contributed by atoms with Gasteiger partial charge >= 0.3 is 5.97 Å². The van der Waals surface area contributed by atoms with E-state index in [0.29, 0.717) is 43.3 Å². The van der Waals surface area contributed by atoms with Gasteiger partial charge in [0.2, 0.25) is 0 Å². The van der Waals surface area contributed by atoms with Crippen molar-refractivity contribution < 1.29 is 19.4 Å². The first kappa shape index (κ1) is 27.6.